The van der Waals surface area contributed by atoms with Gasteiger partial charge in [-0.3, -0.25) is 4.79 Å². The molecule has 7 heteroatoms. The van der Waals surface area contributed by atoms with E-state index in [1.54, 1.807) is 18.2 Å². The molecule has 1 aliphatic heterocycles. The Hall–Kier alpha value is -2.38. The van der Waals surface area contributed by atoms with Crippen LogP contribution < -0.4 is 14.2 Å². The Bertz CT molecular complexity index is 859. The van der Waals surface area contributed by atoms with Crippen LogP contribution >= 0.6 is 0 Å². The van der Waals surface area contributed by atoms with E-state index in [0.29, 0.717) is 30.3 Å². The van der Waals surface area contributed by atoms with Gasteiger partial charge in [-0.2, -0.15) is 0 Å². The number of sulfonamides is 1. The van der Waals surface area contributed by atoms with E-state index < -0.39 is 10.0 Å². The molecule has 0 saturated carbocycles. The first kappa shape index (κ1) is 16.5. The molecule has 0 aliphatic carbocycles. The second-order valence-electron chi connectivity index (χ2n) is 5.38. The summed E-state index contributed by atoms with van der Waals surface area (Å²) in [6, 6.07) is 11.2. The number of rotatable bonds is 5. The minimum absolute atomic E-state index is 0.108. The van der Waals surface area contributed by atoms with E-state index in [2.05, 4.69) is 4.72 Å². The maximum absolute atomic E-state index is 12.3. The van der Waals surface area contributed by atoms with E-state index in [1.165, 1.54) is 31.2 Å². The highest BCUT2D eigenvalue weighted by molar-refractivity contribution is 7.89. The van der Waals surface area contributed by atoms with Gasteiger partial charge in [0, 0.05) is 12.1 Å². The number of carbonyl (C=O) groups is 1. The average molecular weight is 347 g/mol. The number of hydrogen-bond donors (Lipinski definition) is 1. The SMILES string of the molecule is CC(=O)c1ccc(S(=O)(=O)NCc2ccc3c(c2)OCCO3)cc1. The third-order valence-corrected chi connectivity index (χ3v) is 5.06. The largest absolute Gasteiger partial charge is 0.486 e. The Balaban J connectivity index is 1.72. The number of ether oxygens (including phenoxy) is 2. The summed E-state index contributed by atoms with van der Waals surface area (Å²) in [6.45, 7) is 2.55. The van der Waals surface area contributed by atoms with Crippen LogP contribution in [0.2, 0.25) is 0 Å². The third-order valence-electron chi connectivity index (χ3n) is 3.64. The fourth-order valence-electron chi connectivity index (χ4n) is 2.33. The van der Waals surface area contributed by atoms with Crippen LogP contribution in [0.5, 0.6) is 11.5 Å². The summed E-state index contributed by atoms with van der Waals surface area (Å²) in [7, 11) is -3.66. The van der Waals surface area contributed by atoms with Crippen LogP contribution in [0.15, 0.2) is 47.4 Å². The Morgan fingerprint density at radius 2 is 1.71 bits per heavy atom. The van der Waals surface area contributed by atoms with Gasteiger partial charge in [-0.05, 0) is 36.8 Å². The van der Waals surface area contributed by atoms with Gasteiger partial charge in [0.1, 0.15) is 13.2 Å². The van der Waals surface area contributed by atoms with Crippen molar-refractivity contribution in [3.05, 3.63) is 53.6 Å². The van der Waals surface area contributed by atoms with E-state index in [-0.39, 0.29) is 17.2 Å². The van der Waals surface area contributed by atoms with E-state index in [4.69, 9.17) is 9.47 Å². The molecule has 0 aromatic heterocycles. The molecular formula is C17H17NO5S. The van der Waals surface area contributed by atoms with Gasteiger partial charge >= 0.3 is 0 Å². The number of fused-ring (bicyclic) bond motifs is 1. The van der Waals surface area contributed by atoms with Gasteiger partial charge in [0.25, 0.3) is 0 Å². The molecule has 1 N–H and O–H groups in total. The number of carbonyl (C=O) groups excluding carboxylic acids is 1. The number of hydrogen-bond acceptors (Lipinski definition) is 5. The zero-order valence-corrected chi connectivity index (χ0v) is 13.9. The molecule has 0 spiro atoms. The van der Waals surface area contributed by atoms with Crippen molar-refractivity contribution >= 4 is 15.8 Å². The Kier molecular flexibility index (Phi) is 4.55. The minimum Gasteiger partial charge on any atom is -0.486 e. The normalized spacial score (nSPS) is 13.5. The standard InChI is InChI=1S/C17H17NO5S/c1-12(19)14-3-5-15(6-4-14)24(20,21)18-11-13-2-7-16-17(10-13)23-9-8-22-16/h2-7,10,18H,8-9,11H2,1H3. The van der Waals surface area contributed by atoms with Crippen molar-refractivity contribution in [3.63, 3.8) is 0 Å². The molecule has 0 bridgehead atoms. The van der Waals surface area contributed by atoms with E-state index in [0.717, 1.165) is 5.56 Å². The Labute approximate surface area is 140 Å². The summed E-state index contributed by atoms with van der Waals surface area (Å²) < 4.78 is 38.1. The lowest BCUT2D eigenvalue weighted by Crippen LogP contribution is -2.23. The number of ketones is 1. The van der Waals surface area contributed by atoms with Crippen LogP contribution in [0.4, 0.5) is 0 Å². The maximum atomic E-state index is 12.3. The lowest BCUT2D eigenvalue weighted by Gasteiger charge is -2.19. The van der Waals surface area contributed by atoms with E-state index in [9.17, 15) is 13.2 Å². The lowest BCUT2D eigenvalue weighted by atomic mass is 10.2. The molecule has 0 unspecified atom stereocenters. The van der Waals surface area contributed by atoms with Crippen molar-refractivity contribution in [1.29, 1.82) is 0 Å². The van der Waals surface area contributed by atoms with E-state index in [1.807, 2.05) is 0 Å². The molecular weight excluding hydrogens is 330 g/mol. The summed E-state index contributed by atoms with van der Waals surface area (Å²) in [5.41, 5.74) is 1.24. The van der Waals surface area contributed by atoms with Crippen LogP contribution in [-0.2, 0) is 16.6 Å². The number of Topliss-reactive ketones (excluding diaryl/α,β-unsaturated/α-hetero) is 1. The Morgan fingerprint density at radius 1 is 1.04 bits per heavy atom. The van der Waals surface area contributed by atoms with Crippen molar-refractivity contribution < 1.29 is 22.7 Å². The van der Waals surface area contributed by atoms with Crippen molar-refractivity contribution in [2.45, 2.75) is 18.4 Å². The fourth-order valence-corrected chi connectivity index (χ4v) is 3.35. The topological polar surface area (TPSA) is 81.7 Å². The minimum atomic E-state index is -3.66. The molecule has 0 atom stereocenters. The van der Waals surface area contributed by atoms with Gasteiger partial charge in [-0.1, -0.05) is 18.2 Å². The monoisotopic (exact) mass is 347 g/mol. The van der Waals surface area contributed by atoms with Crippen molar-refractivity contribution in [2.75, 3.05) is 13.2 Å². The quantitative estimate of drug-likeness (QED) is 0.838. The summed E-state index contributed by atoms with van der Waals surface area (Å²) >= 11 is 0. The first-order valence-corrected chi connectivity index (χ1v) is 8.93. The van der Waals surface area contributed by atoms with Gasteiger partial charge in [-0.25, -0.2) is 13.1 Å². The van der Waals surface area contributed by atoms with Gasteiger partial charge in [0.2, 0.25) is 10.0 Å². The molecule has 6 nitrogen and oxygen atoms in total. The van der Waals surface area contributed by atoms with Crippen molar-refractivity contribution in [2.24, 2.45) is 0 Å². The molecule has 2 aromatic rings. The zero-order chi connectivity index (χ0) is 17.2. The van der Waals surface area contributed by atoms with Crippen LogP contribution in [-0.4, -0.2) is 27.4 Å². The molecule has 2 aromatic carbocycles. The fraction of sp³-hybridized carbons (Fsp3) is 0.235. The summed E-state index contributed by atoms with van der Waals surface area (Å²) in [4.78, 5) is 11.4. The predicted octanol–water partition coefficient (Wildman–Crippen LogP) is 2.14. The third kappa shape index (κ3) is 3.58. The number of nitrogens with one attached hydrogen (secondary N) is 1. The summed E-state index contributed by atoms with van der Waals surface area (Å²) in [6.07, 6.45) is 0. The molecule has 0 saturated heterocycles. The second kappa shape index (κ2) is 6.62. The number of benzene rings is 2. The molecule has 126 valence electrons. The van der Waals surface area contributed by atoms with Crippen molar-refractivity contribution in [1.82, 2.24) is 4.72 Å². The predicted molar refractivity (Wildman–Crippen MR) is 87.9 cm³/mol. The molecule has 24 heavy (non-hydrogen) atoms. The van der Waals surface area contributed by atoms with Gasteiger partial charge in [0.15, 0.2) is 17.3 Å². The molecule has 1 aliphatic rings. The highest BCUT2D eigenvalue weighted by atomic mass is 32.2. The molecule has 3 rings (SSSR count). The van der Waals surface area contributed by atoms with Crippen molar-refractivity contribution in [3.8, 4) is 11.5 Å². The first-order chi connectivity index (χ1) is 11.5. The summed E-state index contributed by atoms with van der Waals surface area (Å²) in [5.74, 6) is 1.17. The Morgan fingerprint density at radius 3 is 2.38 bits per heavy atom. The molecule has 1 heterocycles. The summed E-state index contributed by atoms with van der Waals surface area (Å²) in [5, 5.41) is 0. The highest BCUT2D eigenvalue weighted by Crippen LogP contribution is 2.30. The molecule has 0 radical (unpaired) electrons. The first-order valence-electron chi connectivity index (χ1n) is 7.45. The highest BCUT2D eigenvalue weighted by Gasteiger charge is 2.16. The van der Waals surface area contributed by atoms with E-state index >= 15 is 0 Å². The van der Waals surface area contributed by atoms with Gasteiger partial charge in [0.05, 0.1) is 4.90 Å². The average Bonchev–Trinajstić information content (AvgIpc) is 2.60. The smallest absolute Gasteiger partial charge is 0.240 e. The van der Waals surface area contributed by atoms with Crippen LogP contribution in [0, 0.1) is 0 Å². The van der Waals surface area contributed by atoms with Crippen LogP contribution in [0.1, 0.15) is 22.8 Å². The lowest BCUT2D eigenvalue weighted by molar-refractivity contribution is 0.101. The van der Waals surface area contributed by atoms with Crippen LogP contribution in [0.3, 0.4) is 0 Å². The van der Waals surface area contributed by atoms with Gasteiger partial charge in [-0.15, -0.1) is 0 Å². The maximum Gasteiger partial charge on any atom is 0.240 e. The molecule has 0 fully saturated rings. The van der Waals surface area contributed by atoms with Crippen LogP contribution in [0.25, 0.3) is 0 Å². The zero-order valence-electron chi connectivity index (χ0n) is 13.1. The van der Waals surface area contributed by atoms with Gasteiger partial charge < -0.3 is 9.47 Å². The second-order valence-corrected chi connectivity index (χ2v) is 7.15. The molecule has 0 amide bonds.